The highest BCUT2D eigenvalue weighted by molar-refractivity contribution is 5.85. The van der Waals surface area contributed by atoms with Gasteiger partial charge in [0.1, 0.15) is 0 Å². The fourth-order valence-electron chi connectivity index (χ4n) is 1.38. The highest BCUT2D eigenvalue weighted by atomic mass is 35.5. The van der Waals surface area contributed by atoms with Gasteiger partial charge in [0.2, 0.25) is 0 Å². The topological polar surface area (TPSA) is 29.3 Å². The van der Waals surface area contributed by atoms with Crippen LogP contribution in [0.1, 0.15) is 25.5 Å². The molecular weight excluding hydrogens is 208 g/mol. The number of nitrogens with two attached hydrogens (primary N) is 1. The minimum Gasteiger partial charge on any atom is -0.378 e. The molecule has 0 amide bonds. The first-order valence-electron chi connectivity index (χ1n) is 5.05. The number of benzene rings is 1. The van der Waals surface area contributed by atoms with Crippen LogP contribution in [0.15, 0.2) is 24.3 Å². The summed E-state index contributed by atoms with van der Waals surface area (Å²) in [6.45, 7) is 4.29. The fraction of sp³-hybridized carbons (Fsp3) is 0.500. The second-order valence-electron chi connectivity index (χ2n) is 4.26. The molecule has 1 aromatic rings. The molecule has 0 unspecified atom stereocenters. The molecule has 0 heterocycles. The van der Waals surface area contributed by atoms with Crippen LogP contribution in [0.5, 0.6) is 0 Å². The van der Waals surface area contributed by atoms with Gasteiger partial charge in [-0.15, -0.1) is 12.4 Å². The van der Waals surface area contributed by atoms with E-state index in [9.17, 15) is 0 Å². The van der Waals surface area contributed by atoms with E-state index in [1.165, 1.54) is 11.3 Å². The van der Waals surface area contributed by atoms with E-state index in [0.29, 0.717) is 5.92 Å². The summed E-state index contributed by atoms with van der Waals surface area (Å²) in [6.07, 6.45) is 0. The van der Waals surface area contributed by atoms with Crippen LogP contribution in [-0.2, 0) is 0 Å². The summed E-state index contributed by atoms with van der Waals surface area (Å²) in [5.41, 5.74) is 8.48. The van der Waals surface area contributed by atoms with E-state index in [1.54, 1.807) is 0 Å². The van der Waals surface area contributed by atoms with E-state index in [1.807, 2.05) is 14.1 Å². The maximum absolute atomic E-state index is 6.05. The Hall–Kier alpha value is -0.730. The molecule has 3 heteroatoms. The van der Waals surface area contributed by atoms with Crippen LogP contribution >= 0.6 is 12.4 Å². The molecule has 0 aliphatic rings. The van der Waals surface area contributed by atoms with Crippen molar-refractivity contribution < 1.29 is 0 Å². The summed E-state index contributed by atoms with van der Waals surface area (Å²) in [7, 11) is 4.08. The number of hydrogen-bond acceptors (Lipinski definition) is 2. The molecular formula is C12H21ClN2. The molecule has 1 aromatic carbocycles. The largest absolute Gasteiger partial charge is 0.378 e. The summed E-state index contributed by atoms with van der Waals surface area (Å²) in [5.74, 6) is 0.486. The molecule has 0 fully saturated rings. The Labute approximate surface area is 98.9 Å². The van der Waals surface area contributed by atoms with Crippen LogP contribution in [-0.4, -0.2) is 14.1 Å². The van der Waals surface area contributed by atoms with Gasteiger partial charge in [0.05, 0.1) is 0 Å². The fourth-order valence-corrected chi connectivity index (χ4v) is 1.38. The van der Waals surface area contributed by atoms with Gasteiger partial charge in [-0.05, 0) is 23.6 Å². The summed E-state index contributed by atoms with van der Waals surface area (Å²) < 4.78 is 0. The van der Waals surface area contributed by atoms with Gasteiger partial charge in [-0.25, -0.2) is 0 Å². The number of halogens is 1. The summed E-state index contributed by atoms with van der Waals surface area (Å²) in [5, 5.41) is 0. The highest BCUT2D eigenvalue weighted by Crippen LogP contribution is 2.21. The third-order valence-corrected chi connectivity index (χ3v) is 2.51. The van der Waals surface area contributed by atoms with Gasteiger partial charge >= 0.3 is 0 Å². The van der Waals surface area contributed by atoms with E-state index >= 15 is 0 Å². The lowest BCUT2D eigenvalue weighted by Gasteiger charge is -2.18. The van der Waals surface area contributed by atoms with E-state index in [-0.39, 0.29) is 18.4 Å². The van der Waals surface area contributed by atoms with Crippen molar-refractivity contribution in [2.24, 2.45) is 11.7 Å². The first-order chi connectivity index (χ1) is 6.52. The number of hydrogen-bond donors (Lipinski definition) is 1. The van der Waals surface area contributed by atoms with Crippen LogP contribution in [0.4, 0.5) is 5.69 Å². The van der Waals surface area contributed by atoms with Crippen molar-refractivity contribution in [1.82, 2.24) is 0 Å². The molecule has 0 aliphatic heterocycles. The maximum atomic E-state index is 6.05. The molecule has 0 bridgehead atoms. The van der Waals surface area contributed by atoms with Crippen molar-refractivity contribution >= 4 is 18.1 Å². The Balaban J connectivity index is 0.00000196. The Morgan fingerprint density at radius 3 is 1.87 bits per heavy atom. The third kappa shape index (κ3) is 3.73. The highest BCUT2D eigenvalue weighted by Gasteiger charge is 2.09. The average Bonchev–Trinajstić information content (AvgIpc) is 2.16. The molecule has 0 aromatic heterocycles. The number of rotatable bonds is 3. The lowest BCUT2D eigenvalue weighted by atomic mass is 9.97. The van der Waals surface area contributed by atoms with Gasteiger partial charge in [-0.3, -0.25) is 0 Å². The van der Waals surface area contributed by atoms with Gasteiger partial charge in [-0.1, -0.05) is 26.0 Å². The van der Waals surface area contributed by atoms with Gasteiger partial charge in [0.25, 0.3) is 0 Å². The summed E-state index contributed by atoms with van der Waals surface area (Å²) in [6, 6.07) is 8.58. The standard InChI is InChI=1S/C12H20N2.ClH/c1-9(2)12(13)10-5-7-11(8-6-10)14(3)4;/h5-9,12H,13H2,1-4H3;1H/t12-;/m1./s1. The lowest BCUT2D eigenvalue weighted by molar-refractivity contribution is 0.514. The molecule has 1 atom stereocenters. The van der Waals surface area contributed by atoms with Gasteiger partial charge in [0, 0.05) is 25.8 Å². The van der Waals surface area contributed by atoms with Crippen molar-refractivity contribution in [3.8, 4) is 0 Å². The van der Waals surface area contributed by atoms with Gasteiger partial charge < -0.3 is 10.6 Å². The Bertz CT molecular complexity index is 280. The van der Waals surface area contributed by atoms with Crippen LogP contribution in [0.2, 0.25) is 0 Å². The molecule has 0 radical (unpaired) electrons. The third-order valence-electron chi connectivity index (χ3n) is 2.51. The second kappa shape index (κ2) is 5.99. The minimum atomic E-state index is 0. The molecule has 0 spiro atoms. The Morgan fingerprint density at radius 1 is 1.07 bits per heavy atom. The van der Waals surface area contributed by atoms with E-state index < -0.39 is 0 Å². The van der Waals surface area contributed by atoms with Crippen LogP contribution in [0.3, 0.4) is 0 Å². The molecule has 2 N–H and O–H groups in total. The summed E-state index contributed by atoms with van der Waals surface area (Å²) in [4.78, 5) is 2.09. The minimum absolute atomic E-state index is 0. The predicted molar refractivity (Wildman–Crippen MR) is 69.8 cm³/mol. The van der Waals surface area contributed by atoms with E-state index in [2.05, 4.69) is 43.0 Å². The van der Waals surface area contributed by atoms with Gasteiger partial charge in [-0.2, -0.15) is 0 Å². The van der Waals surface area contributed by atoms with Crippen molar-refractivity contribution in [3.05, 3.63) is 29.8 Å². The van der Waals surface area contributed by atoms with E-state index in [4.69, 9.17) is 5.73 Å². The quantitative estimate of drug-likeness (QED) is 0.862. The molecule has 1 rings (SSSR count). The molecule has 86 valence electrons. The molecule has 15 heavy (non-hydrogen) atoms. The Morgan fingerprint density at radius 2 is 1.53 bits per heavy atom. The van der Waals surface area contributed by atoms with Crippen LogP contribution in [0, 0.1) is 5.92 Å². The maximum Gasteiger partial charge on any atom is 0.0361 e. The average molecular weight is 229 g/mol. The predicted octanol–water partition coefficient (Wildman–Crippen LogP) is 2.83. The van der Waals surface area contributed by atoms with Gasteiger partial charge in [0.15, 0.2) is 0 Å². The molecule has 0 saturated heterocycles. The molecule has 2 nitrogen and oxygen atoms in total. The summed E-state index contributed by atoms with van der Waals surface area (Å²) >= 11 is 0. The first kappa shape index (κ1) is 14.3. The van der Waals surface area contributed by atoms with Crippen molar-refractivity contribution in [2.75, 3.05) is 19.0 Å². The normalized spacial score (nSPS) is 12.1. The smallest absolute Gasteiger partial charge is 0.0361 e. The van der Waals surface area contributed by atoms with Crippen LogP contribution in [0.25, 0.3) is 0 Å². The zero-order valence-corrected chi connectivity index (χ0v) is 10.7. The zero-order valence-electron chi connectivity index (χ0n) is 9.90. The van der Waals surface area contributed by atoms with Crippen molar-refractivity contribution in [2.45, 2.75) is 19.9 Å². The second-order valence-corrected chi connectivity index (χ2v) is 4.26. The van der Waals surface area contributed by atoms with Crippen molar-refractivity contribution in [1.29, 1.82) is 0 Å². The molecule has 0 saturated carbocycles. The molecule has 0 aliphatic carbocycles. The van der Waals surface area contributed by atoms with Crippen molar-refractivity contribution in [3.63, 3.8) is 0 Å². The monoisotopic (exact) mass is 228 g/mol. The Kier molecular flexibility index (Phi) is 5.69. The van der Waals surface area contributed by atoms with E-state index in [0.717, 1.165) is 0 Å². The SMILES string of the molecule is CC(C)[C@@H](N)c1ccc(N(C)C)cc1.Cl. The van der Waals surface area contributed by atoms with Crippen LogP contribution < -0.4 is 10.6 Å². The number of anilines is 1. The first-order valence-corrected chi connectivity index (χ1v) is 5.05. The number of nitrogens with zero attached hydrogens (tertiary/aromatic N) is 1. The zero-order chi connectivity index (χ0) is 10.7. The lowest BCUT2D eigenvalue weighted by Crippen LogP contribution is -2.17.